The van der Waals surface area contributed by atoms with Crippen LogP contribution >= 0.6 is 0 Å². The van der Waals surface area contributed by atoms with Crippen LogP contribution in [0.1, 0.15) is 27.5 Å². The lowest BCUT2D eigenvalue weighted by Crippen LogP contribution is -2.28. The topological polar surface area (TPSA) is 83.8 Å². The Kier molecular flexibility index (Phi) is 3.96. The number of pyridine rings is 1. The normalized spacial score (nSPS) is 14.3. The van der Waals surface area contributed by atoms with E-state index in [2.05, 4.69) is 33.5 Å². The molecule has 0 saturated carbocycles. The van der Waals surface area contributed by atoms with Crippen LogP contribution < -0.4 is 5.32 Å². The number of carbonyl (C=O) groups excluding carboxylic acids is 1. The lowest BCUT2D eigenvalue weighted by atomic mass is 9.99. The van der Waals surface area contributed by atoms with E-state index in [1.165, 1.54) is 0 Å². The molecule has 0 bridgehead atoms. The van der Waals surface area contributed by atoms with Crippen molar-refractivity contribution in [3.05, 3.63) is 108 Å². The lowest BCUT2D eigenvalue weighted by molar-refractivity contribution is 0.0945. The average molecular weight is 442 g/mol. The molecule has 1 aliphatic carbocycles. The first-order valence-corrected chi connectivity index (χ1v) is 11.1. The second-order valence-electron chi connectivity index (χ2n) is 8.35. The maximum Gasteiger partial charge on any atom is 0.252 e. The molecule has 162 valence electrons. The highest BCUT2D eigenvalue weighted by Gasteiger charge is 2.33. The third-order valence-corrected chi connectivity index (χ3v) is 6.45. The predicted octanol–water partition coefficient (Wildman–Crippen LogP) is 5.87. The summed E-state index contributed by atoms with van der Waals surface area (Å²) in [7, 11) is 0. The molecule has 0 saturated heterocycles. The second kappa shape index (κ2) is 7.15. The number of fused-ring (bicyclic) bond motifs is 5. The zero-order chi connectivity index (χ0) is 22.6. The first-order valence-electron chi connectivity index (χ1n) is 11.1. The Bertz CT molecular complexity index is 1700. The number of nitrogens with zero attached hydrogens (tertiary/aromatic N) is 2. The summed E-state index contributed by atoms with van der Waals surface area (Å²) in [6.07, 6.45) is 3.44. The molecule has 0 spiro atoms. The average Bonchev–Trinajstić information content (AvgIpc) is 3.60. The molecule has 2 N–H and O–H groups in total. The third-order valence-electron chi connectivity index (χ3n) is 6.45. The van der Waals surface area contributed by atoms with Gasteiger partial charge in [-0.25, -0.2) is 9.97 Å². The molecule has 34 heavy (non-hydrogen) atoms. The number of amides is 1. The molecule has 3 aromatic carbocycles. The molecule has 6 nitrogen and oxygen atoms in total. The number of benzene rings is 3. The van der Waals surface area contributed by atoms with Crippen molar-refractivity contribution in [3.8, 4) is 22.6 Å². The Morgan fingerprint density at radius 1 is 0.882 bits per heavy atom. The molecular weight excluding hydrogens is 424 g/mol. The van der Waals surface area contributed by atoms with Gasteiger partial charge in [-0.3, -0.25) is 4.79 Å². The highest BCUT2D eigenvalue weighted by molar-refractivity contribution is 6.06. The molecule has 6 aromatic rings. The van der Waals surface area contributed by atoms with Gasteiger partial charge in [0, 0.05) is 28.9 Å². The van der Waals surface area contributed by atoms with E-state index in [0.717, 1.165) is 44.3 Å². The van der Waals surface area contributed by atoms with Crippen LogP contribution in [0.3, 0.4) is 0 Å². The maximum atomic E-state index is 13.4. The SMILES string of the molecule is O=C(NC1c2ccccc2-c2c(-c3nc4ccccc4o3)cccc21)c1ccnc2[nH]ccc12. The quantitative estimate of drug-likeness (QED) is 0.359. The van der Waals surface area contributed by atoms with E-state index in [-0.39, 0.29) is 11.9 Å². The van der Waals surface area contributed by atoms with Gasteiger partial charge in [0.05, 0.1) is 11.6 Å². The zero-order valence-electron chi connectivity index (χ0n) is 17.9. The van der Waals surface area contributed by atoms with E-state index in [1.807, 2.05) is 54.6 Å². The summed E-state index contributed by atoms with van der Waals surface area (Å²) >= 11 is 0. The number of para-hydroxylation sites is 2. The summed E-state index contributed by atoms with van der Waals surface area (Å²) in [4.78, 5) is 25.5. The van der Waals surface area contributed by atoms with Crippen LogP contribution in [-0.4, -0.2) is 20.9 Å². The molecule has 7 rings (SSSR count). The van der Waals surface area contributed by atoms with Crippen molar-refractivity contribution in [2.75, 3.05) is 0 Å². The van der Waals surface area contributed by atoms with Gasteiger partial charge in [-0.2, -0.15) is 0 Å². The van der Waals surface area contributed by atoms with Gasteiger partial charge in [-0.15, -0.1) is 0 Å². The highest BCUT2D eigenvalue weighted by Crippen LogP contribution is 2.48. The van der Waals surface area contributed by atoms with Crippen molar-refractivity contribution in [3.63, 3.8) is 0 Å². The number of carbonyl (C=O) groups is 1. The number of nitrogens with one attached hydrogen (secondary N) is 2. The molecule has 0 aliphatic heterocycles. The van der Waals surface area contributed by atoms with Gasteiger partial charge in [-0.1, -0.05) is 48.5 Å². The minimum absolute atomic E-state index is 0.146. The molecule has 1 amide bonds. The van der Waals surface area contributed by atoms with Gasteiger partial charge >= 0.3 is 0 Å². The lowest BCUT2D eigenvalue weighted by Gasteiger charge is -2.16. The summed E-state index contributed by atoms with van der Waals surface area (Å²) in [5, 5.41) is 4.06. The van der Waals surface area contributed by atoms with Crippen LogP contribution in [0, 0.1) is 0 Å². The van der Waals surface area contributed by atoms with Crippen LogP contribution in [0.2, 0.25) is 0 Å². The Labute approximate surface area is 194 Å². The minimum Gasteiger partial charge on any atom is -0.436 e. The van der Waals surface area contributed by atoms with Gasteiger partial charge in [-0.05, 0) is 47.0 Å². The molecule has 0 fully saturated rings. The monoisotopic (exact) mass is 442 g/mol. The Balaban J connectivity index is 1.36. The van der Waals surface area contributed by atoms with Gasteiger partial charge in [0.1, 0.15) is 11.2 Å². The number of oxazole rings is 1. The van der Waals surface area contributed by atoms with Crippen molar-refractivity contribution < 1.29 is 9.21 Å². The number of hydrogen-bond donors (Lipinski definition) is 2. The summed E-state index contributed by atoms with van der Waals surface area (Å²) in [6, 6.07) is 25.3. The van der Waals surface area contributed by atoms with Crippen molar-refractivity contribution in [1.82, 2.24) is 20.3 Å². The number of aromatic nitrogens is 3. The van der Waals surface area contributed by atoms with Gasteiger partial charge in [0.2, 0.25) is 5.89 Å². The van der Waals surface area contributed by atoms with E-state index in [4.69, 9.17) is 9.40 Å². The molecule has 3 aromatic heterocycles. The molecular formula is C28H18N4O2. The fourth-order valence-electron chi connectivity index (χ4n) is 4.94. The van der Waals surface area contributed by atoms with E-state index >= 15 is 0 Å². The van der Waals surface area contributed by atoms with Crippen LogP contribution in [-0.2, 0) is 0 Å². The fraction of sp³-hybridized carbons (Fsp3) is 0.0357. The maximum absolute atomic E-state index is 13.4. The summed E-state index contributed by atoms with van der Waals surface area (Å²) in [5.74, 6) is 0.426. The van der Waals surface area contributed by atoms with E-state index in [9.17, 15) is 4.79 Å². The van der Waals surface area contributed by atoms with Crippen molar-refractivity contribution in [2.45, 2.75) is 6.04 Å². The van der Waals surface area contributed by atoms with Crippen molar-refractivity contribution >= 4 is 28.0 Å². The molecule has 1 aliphatic rings. The summed E-state index contributed by atoms with van der Waals surface area (Å²) in [6.45, 7) is 0. The molecule has 6 heteroatoms. The van der Waals surface area contributed by atoms with Crippen LogP contribution in [0.15, 0.2) is 95.7 Å². The Hall–Kier alpha value is -4.71. The first-order chi connectivity index (χ1) is 16.8. The predicted molar refractivity (Wildman–Crippen MR) is 130 cm³/mol. The van der Waals surface area contributed by atoms with Gasteiger partial charge in [0.25, 0.3) is 5.91 Å². The third kappa shape index (κ3) is 2.72. The zero-order valence-corrected chi connectivity index (χ0v) is 17.9. The Morgan fingerprint density at radius 3 is 2.65 bits per heavy atom. The number of rotatable bonds is 3. The fourth-order valence-corrected chi connectivity index (χ4v) is 4.94. The van der Waals surface area contributed by atoms with E-state index < -0.39 is 0 Å². The van der Waals surface area contributed by atoms with E-state index in [0.29, 0.717) is 17.1 Å². The summed E-state index contributed by atoms with van der Waals surface area (Å²) < 4.78 is 6.11. The van der Waals surface area contributed by atoms with Crippen LogP contribution in [0.5, 0.6) is 0 Å². The van der Waals surface area contributed by atoms with Gasteiger partial charge < -0.3 is 14.7 Å². The number of H-pyrrole nitrogens is 1. The van der Waals surface area contributed by atoms with Crippen molar-refractivity contribution in [1.29, 1.82) is 0 Å². The Morgan fingerprint density at radius 2 is 1.71 bits per heavy atom. The highest BCUT2D eigenvalue weighted by atomic mass is 16.3. The largest absolute Gasteiger partial charge is 0.436 e. The summed E-state index contributed by atoms with van der Waals surface area (Å²) in [5.41, 5.74) is 7.94. The van der Waals surface area contributed by atoms with Gasteiger partial charge in [0.15, 0.2) is 5.58 Å². The minimum atomic E-state index is -0.287. The smallest absolute Gasteiger partial charge is 0.252 e. The molecule has 0 radical (unpaired) electrons. The van der Waals surface area contributed by atoms with Crippen LogP contribution in [0.25, 0.3) is 44.7 Å². The van der Waals surface area contributed by atoms with Crippen molar-refractivity contribution in [2.24, 2.45) is 0 Å². The second-order valence-corrected chi connectivity index (χ2v) is 8.35. The first kappa shape index (κ1) is 18.8. The standard InChI is InChI=1S/C28H18N4O2/c33-27(19-13-15-30-26-18(19)12-14-29-26)32-25-17-7-2-1-6-16(17)24-20(25)8-5-9-21(24)28-31-22-10-3-4-11-23(22)34-28/h1-15,25H,(H,29,30)(H,32,33). The van der Waals surface area contributed by atoms with Crippen LogP contribution in [0.4, 0.5) is 0 Å². The number of hydrogen-bond acceptors (Lipinski definition) is 4. The van der Waals surface area contributed by atoms with E-state index in [1.54, 1.807) is 18.5 Å². The molecule has 1 unspecified atom stereocenters. The molecule has 1 atom stereocenters. The molecule has 3 heterocycles. The number of aromatic amines is 1.